The van der Waals surface area contributed by atoms with Crippen molar-refractivity contribution in [1.29, 1.82) is 0 Å². The van der Waals surface area contributed by atoms with Gasteiger partial charge in [0.05, 0.1) is 11.3 Å². The lowest BCUT2D eigenvalue weighted by Gasteiger charge is -2.39. The summed E-state index contributed by atoms with van der Waals surface area (Å²) in [5, 5.41) is 2.70. The van der Waals surface area contributed by atoms with Gasteiger partial charge in [-0.05, 0) is 25.7 Å². The Balaban J connectivity index is 2.05. The molecule has 1 amide bonds. The van der Waals surface area contributed by atoms with E-state index in [9.17, 15) is 18.0 Å². The van der Waals surface area contributed by atoms with Gasteiger partial charge in [-0.1, -0.05) is 32.1 Å². The highest BCUT2D eigenvalue weighted by molar-refractivity contribution is 5.83. The SMILES string of the molecule is NCC1(C(=O)NC2CCCCC2C(F)(F)F)CCCCC1. The Hall–Kier alpha value is -0.780. The van der Waals surface area contributed by atoms with Crippen LogP contribution in [0.1, 0.15) is 57.8 Å². The molecule has 6 heteroatoms. The number of carbonyl (C=O) groups is 1. The molecule has 21 heavy (non-hydrogen) atoms. The van der Waals surface area contributed by atoms with Crippen molar-refractivity contribution in [2.24, 2.45) is 17.1 Å². The number of nitrogens with one attached hydrogen (secondary N) is 1. The number of halogens is 3. The highest BCUT2D eigenvalue weighted by Crippen LogP contribution is 2.40. The van der Waals surface area contributed by atoms with E-state index in [-0.39, 0.29) is 18.9 Å². The lowest BCUT2D eigenvalue weighted by Crippen LogP contribution is -2.54. The molecule has 0 spiro atoms. The summed E-state index contributed by atoms with van der Waals surface area (Å²) in [5.41, 5.74) is 5.13. The second-order valence-corrected chi connectivity index (χ2v) is 6.56. The normalized spacial score (nSPS) is 29.9. The molecule has 3 N–H and O–H groups in total. The molecule has 2 rings (SSSR count). The topological polar surface area (TPSA) is 55.1 Å². The molecule has 3 nitrogen and oxygen atoms in total. The third-order valence-electron chi connectivity index (χ3n) is 5.19. The van der Waals surface area contributed by atoms with Crippen molar-refractivity contribution in [3.05, 3.63) is 0 Å². The molecule has 0 bridgehead atoms. The lowest BCUT2D eigenvalue weighted by molar-refractivity contribution is -0.189. The van der Waals surface area contributed by atoms with Gasteiger partial charge < -0.3 is 11.1 Å². The number of alkyl halides is 3. The van der Waals surface area contributed by atoms with Crippen LogP contribution in [0.4, 0.5) is 13.2 Å². The van der Waals surface area contributed by atoms with Crippen LogP contribution in [0.5, 0.6) is 0 Å². The van der Waals surface area contributed by atoms with Crippen LogP contribution < -0.4 is 11.1 Å². The third kappa shape index (κ3) is 3.71. The Morgan fingerprint density at radius 2 is 1.71 bits per heavy atom. The van der Waals surface area contributed by atoms with Crippen molar-refractivity contribution in [2.75, 3.05) is 6.54 Å². The largest absolute Gasteiger partial charge is 0.393 e. The first-order valence-corrected chi connectivity index (χ1v) is 7.97. The fraction of sp³-hybridized carbons (Fsp3) is 0.933. The molecule has 2 aliphatic carbocycles. The number of nitrogens with two attached hydrogens (primary N) is 1. The number of hydrogen-bond donors (Lipinski definition) is 2. The maximum atomic E-state index is 13.1. The Morgan fingerprint density at radius 1 is 1.10 bits per heavy atom. The van der Waals surface area contributed by atoms with E-state index in [0.29, 0.717) is 25.7 Å². The van der Waals surface area contributed by atoms with Gasteiger partial charge in [0.15, 0.2) is 0 Å². The lowest BCUT2D eigenvalue weighted by atomic mass is 9.72. The van der Waals surface area contributed by atoms with Gasteiger partial charge in [-0.3, -0.25) is 4.79 Å². The van der Waals surface area contributed by atoms with E-state index < -0.39 is 23.6 Å². The van der Waals surface area contributed by atoms with E-state index >= 15 is 0 Å². The highest BCUT2D eigenvalue weighted by Gasteiger charge is 2.47. The molecule has 0 aromatic carbocycles. The molecule has 0 aromatic rings. The number of carbonyl (C=O) groups excluding carboxylic acids is 1. The zero-order chi connectivity index (χ0) is 15.5. The van der Waals surface area contributed by atoms with Crippen LogP contribution in [-0.4, -0.2) is 24.7 Å². The Morgan fingerprint density at radius 3 is 2.29 bits per heavy atom. The maximum absolute atomic E-state index is 13.1. The van der Waals surface area contributed by atoms with Crippen molar-refractivity contribution >= 4 is 5.91 Å². The summed E-state index contributed by atoms with van der Waals surface area (Å²) in [5.74, 6) is -1.67. The van der Waals surface area contributed by atoms with E-state index in [1.54, 1.807) is 0 Å². The Labute approximate surface area is 123 Å². The molecule has 0 heterocycles. The van der Waals surface area contributed by atoms with Crippen LogP contribution in [0.3, 0.4) is 0 Å². The van der Waals surface area contributed by atoms with Gasteiger partial charge in [0, 0.05) is 12.6 Å². The van der Waals surface area contributed by atoms with Crippen LogP contribution in [0.15, 0.2) is 0 Å². The molecule has 122 valence electrons. The van der Waals surface area contributed by atoms with Crippen molar-refractivity contribution < 1.29 is 18.0 Å². The van der Waals surface area contributed by atoms with Gasteiger partial charge in [0.1, 0.15) is 0 Å². The van der Waals surface area contributed by atoms with Crippen LogP contribution >= 0.6 is 0 Å². The Bertz CT molecular complexity index is 364. The standard InChI is InChI=1S/C15H25F3N2O/c16-15(17,18)11-6-2-3-7-12(11)20-13(21)14(10-19)8-4-1-5-9-14/h11-12H,1-10,19H2,(H,20,21). The first kappa shape index (κ1) is 16.6. The number of hydrogen-bond acceptors (Lipinski definition) is 2. The predicted octanol–water partition coefficient (Wildman–Crippen LogP) is 3.13. The zero-order valence-corrected chi connectivity index (χ0v) is 12.3. The number of rotatable bonds is 3. The smallest absolute Gasteiger partial charge is 0.352 e. The van der Waals surface area contributed by atoms with Crippen LogP contribution in [-0.2, 0) is 4.79 Å². The highest BCUT2D eigenvalue weighted by atomic mass is 19.4. The van der Waals surface area contributed by atoms with E-state index in [2.05, 4.69) is 5.32 Å². The summed E-state index contributed by atoms with van der Waals surface area (Å²) in [4.78, 5) is 12.5. The average molecular weight is 306 g/mol. The first-order valence-electron chi connectivity index (χ1n) is 7.97. The van der Waals surface area contributed by atoms with E-state index in [0.717, 1.165) is 25.7 Å². The number of amides is 1. The molecule has 0 saturated heterocycles. The summed E-state index contributed by atoms with van der Waals surface area (Å²) >= 11 is 0. The Kier molecular flexibility index (Phi) is 5.17. The monoisotopic (exact) mass is 306 g/mol. The van der Waals surface area contributed by atoms with Gasteiger partial charge in [0.2, 0.25) is 5.91 Å². The minimum absolute atomic E-state index is 0.115. The van der Waals surface area contributed by atoms with Crippen LogP contribution in [0.2, 0.25) is 0 Å². The van der Waals surface area contributed by atoms with Crippen molar-refractivity contribution in [1.82, 2.24) is 5.32 Å². The quantitative estimate of drug-likeness (QED) is 0.841. The van der Waals surface area contributed by atoms with Crippen LogP contribution in [0.25, 0.3) is 0 Å². The van der Waals surface area contributed by atoms with E-state index in [1.807, 2.05) is 0 Å². The maximum Gasteiger partial charge on any atom is 0.393 e. The predicted molar refractivity (Wildman–Crippen MR) is 74.5 cm³/mol. The summed E-state index contributed by atoms with van der Waals surface area (Å²) in [6, 6.07) is -0.781. The minimum Gasteiger partial charge on any atom is -0.352 e. The van der Waals surface area contributed by atoms with Gasteiger partial charge in [0.25, 0.3) is 0 Å². The van der Waals surface area contributed by atoms with Crippen molar-refractivity contribution in [3.63, 3.8) is 0 Å². The summed E-state index contributed by atoms with van der Waals surface area (Å²) in [6.07, 6.45) is 1.93. The van der Waals surface area contributed by atoms with Crippen LogP contribution in [0, 0.1) is 11.3 Å². The molecule has 2 atom stereocenters. The molecule has 0 radical (unpaired) electrons. The molecule has 2 saturated carbocycles. The minimum atomic E-state index is -4.24. The van der Waals surface area contributed by atoms with Gasteiger partial charge in [-0.2, -0.15) is 13.2 Å². The van der Waals surface area contributed by atoms with Gasteiger partial charge in [-0.25, -0.2) is 0 Å². The summed E-state index contributed by atoms with van der Waals surface area (Å²) < 4.78 is 39.3. The van der Waals surface area contributed by atoms with Gasteiger partial charge in [-0.15, -0.1) is 0 Å². The van der Waals surface area contributed by atoms with Crippen molar-refractivity contribution in [3.8, 4) is 0 Å². The molecule has 2 fully saturated rings. The van der Waals surface area contributed by atoms with E-state index in [4.69, 9.17) is 5.73 Å². The average Bonchev–Trinajstić information content (AvgIpc) is 2.47. The zero-order valence-electron chi connectivity index (χ0n) is 12.3. The molecule has 0 aromatic heterocycles. The molecule has 2 unspecified atom stereocenters. The molecular weight excluding hydrogens is 281 g/mol. The van der Waals surface area contributed by atoms with Crippen molar-refractivity contribution in [2.45, 2.75) is 70.0 Å². The fourth-order valence-corrected chi connectivity index (χ4v) is 3.77. The summed E-state index contributed by atoms with van der Waals surface area (Å²) in [6.45, 7) is 0.224. The third-order valence-corrected chi connectivity index (χ3v) is 5.19. The molecular formula is C15H25F3N2O. The molecule has 0 aliphatic heterocycles. The molecule has 2 aliphatic rings. The van der Waals surface area contributed by atoms with Gasteiger partial charge >= 0.3 is 6.18 Å². The van der Waals surface area contributed by atoms with E-state index in [1.165, 1.54) is 0 Å². The fourth-order valence-electron chi connectivity index (χ4n) is 3.77. The summed E-state index contributed by atoms with van der Waals surface area (Å²) in [7, 11) is 0. The first-order chi connectivity index (χ1) is 9.89. The second-order valence-electron chi connectivity index (χ2n) is 6.56. The second kappa shape index (κ2) is 6.55.